The topological polar surface area (TPSA) is 106 Å². The lowest BCUT2D eigenvalue weighted by atomic mass is 10.2. The van der Waals surface area contributed by atoms with Crippen LogP contribution in [0.2, 0.25) is 5.02 Å². The second-order valence-electron chi connectivity index (χ2n) is 7.86. The van der Waals surface area contributed by atoms with Gasteiger partial charge in [-0.05, 0) is 71.6 Å². The maximum absolute atomic E-state index is 12.5. The van der Waals surface area contributed by atoms with Gasteiger partial charge >= 0.3 is 5.97 Å². The normalized spacial score (nSPS) is 10.7. The third-order valence-electron chi connectivity index (χ3n) is 5.21. The van der Waals surface area contributed by atoms with Crippen molar-refractivity contribution >= 4 is 52.6 Å². The maximum Gasteiger partial charge on any atom is 0.345 e. The van der Waals surface area contributed by atoms with Gasteiger partial charge in [0.1, 0.15) is 0 Å². The highest BCUT2D eigenvalue weighted by molar-refractivity contribution is 7.10. The maximum atomic E-state index is 12.5. The standard InChI is InChI=1S/C28H22ClN3O5S/c1-36-25-15-18(8-13-24(25)37-28(35)22-6-2-3-7-23(22)29)17-30-32-27(34)19-9-11-20(12-10-19)31-26(33)16-21-5-4-14-38-21/h2-15,17H,16H2,1H3,(H,31,33)(H,32,34)/b30-17+. The molecule has 0 spiro atoms. The second kappa shape index (κ2) is 12.7. The summed E-state index contributed by atoms with van der Waals surface area (Å²) in [6, 6.07) is 21.7. The van der Waals surface area contributed by atoms with Crippen LogP contribution in [0.15, 0.2) is 89.3 Å². The second-order valence-corrected chi connectivity index (χ2v) is 9.30. The summed E-state index contributed by atoms with van der Waals surface area (Å²) in [5.41, 5.74) is 4.25. The van der Waals surface area contributed by atoms with Gasteiger partial charge in [-0.3, -0.25) is 9.59 Å². The minimum Gasteiger partial charge on any atom is -0.493 e. The molecular formula is C28H22ClN3O5S. The van der Waals surface area contributed by atoms with E-state index in [1.165, 1.54) is 24.7 Å². The molecule has 192 valence electrons. The molecule has 2 amide bonds. The highest BCUT2D eigenvalue weighted by atomic mass is 35.5. The molecule has 0 saturated carbocycles. The molecule has 0 aliphatic heterocycles. The van der Waals surface area contributed by atoms with Crippen LogP contribution >= 0.6 is 22.9 Å². The van der Waals surface area contributed by atoms with Crippen LogP contribution in [0.3, 0.4) is 0 Å². The van der Waals surface area contributed by atoms with E-state index in [0.29, 0.717) is 29.0 Å². The number of halogens is 1. The van der Waals surface area contributed by atoms with E-state index in [1.54, 1.807) is 66.7 Å². The molecule has 0 atom stereocenters. The van der Waals surface area contributed by atoms with Gasteiger partial charge in [0, 0.05) is 16.1 Å². The summed E-state index contributed by atoms with van der Waals surface area (Å²) >= 11 is 7.58. The Balaban J connectivity index is 1.32. The molecule has 0 unspecified atom stereocenters. The summed E-state index contributed by atoms with van der Waals surface area (Å²) in [5, 5.41) is 8.99. The van der Waals surface area contributed by atoms with Crippen LogP contribution in [0.5, 0.6) is 11.5 Å². The number of hydrazone groups is 1. The van der Waals surface area contributed by atoms with E-state index in [9.17, 15) is 14.4 Å². The fourth-order valence-electron chi connectivity index (χ4n) is 3.34. The molecule has 0 aliphatic rings. The van der Waals surface area contributed by atoms with Crippen LogP contribution in [0, 0.1) is 0 Å². The predicted octanol–water partition coefficient (Wildman–Crippen LogP) is 5.57. The van der Waals surface area contributed by atoms with E-state index >= 15 is 0 Å². The number of nitrogens with zero attached hydrogens (tertiary/aromatic N) is 1. The molecule has 1 heterocycles. The zero-order chi connectivity index (χ0) is 26.9. The number of benzene rings is 3. The average molecular weight is 548 g/mol. The van der Waals surface area contributed by atoms with E-state index in [4.69, 9.17) is 21.1 Å². The third-order valence-corrected chi connectivity index (χ3v) is 6.42. The number of ether oxygens (including phenoxy) is 2. The number of anilines is 1. The lowest BCUT2D eigenvalue weighted by Gasteiger charge is -2.10. The molecule has 8 nitrogen and oxygen atoms in total. The molecule has 0 bridgehead atoms. The van der Waals surface area contributed by atoms with Crippen LogP contribution in [0.4, 0.5) is 5.69 Å². The molecule has 3 aromatic carbocycles. The molecule has 0 aliphatic carbocycles. The van der Waals surface area contributed by atoms with Crippen molar-refractivity contribution in [2.75, 3.05) is 12.4 Å². The molecule has 4 aromatic rings. The summed E-state index contributed by atoms with van der Waals surface area (Å²) in [7, 11) is 1.44. The largest absolute Gasteiger partial charge is 0.493 e. The summed E-state index contributed by atoms with van der Waals surface area (Å²) in [4.78, 5) is 38.0. The van der Waals surface area contributed by atoms with E-state index in [-0.39, 0.29) is 22.2 Å². The fourth-order valence-corrected chi connectivity index (χ4v) is 4.26. The quantitative estimate of drug-likeness (QED) is 0.123. The van der Waals surface area contributed by atoms with Gasteiger partial charge in [-0.1, -0.05) is 29.8 Å². The Morgan fingerprint density at radius 1 is 0.974 bits per heavy atom. The van der Waals surface area contributed by atoms with Crippen molar-refractivity contribution in [2.24, 2.45) is 5.10 Å². The number of thiophene rings is 1. The zero-order valence-corrected chi connectivity index (χ0v) is 21.7. The number of hydrogen-bond donors (Lipinski definition) is 2. The first-order valence-corrected chi connectivity index (χ1v) is 12.6. The monoisotopic (exact) mass is 547 g/mol. The summed E-state index contributed by atoms with van der Waals surface area (Å²) < 4.78 is 10.8. The Labute approximate surface area is 227 Å². The first-order chi connectivity index (χ1) is 18.4. The number of amides is 2. The summed E-state index contributed by atoms with van der Waals surface area (Å²) in [5.74, 6) is -0.654. The van der Waals surface area contributed by atoms with Gasteiger partial charge in [0.25, 0.3) is 5.91 Å². The SMILES string of the molecule is COc1cc(/C=N/NC(=O)c2ccc(NC(=O)Cc3cccs3)cc2)ccc1OC(=O)c1ccccc1Cl. The van der Waals surface area contributed by atoms with Gasteiger partial charge in [0.05, 0.1) is 30.3 Å². The van der Waals surface area contributed by atoms with Crippen molar-refractivity contribution in [3.8, 4) is 11.5 Å². The fraction of sp³-hybridized carbons (Fsp3) is 0.0714. The number of esters is 1. The molecule has 1 aromatic heterocycles. The molecule has 0 fully saturated rings. The van der Waals surface area contributed by atoms with Gasteiger partial charge in [-0.25, -0.2) is 10.2 Å². The molecular weight excluding hydrogens is 526 g/mol. The van der Waals surface area contributed by atoms with Crippen molar-refractivity contribution in [3.63, 3.8) is 0 Å². The molecule has 4 rings (SSSR count). The first-order valence-electron chi connectivity index (χ1n) is 11.3. The Hall–Kier alpha value is -4.47. The number of rotatable bonds is 9. The highest BCUT2D eigenvalue weighted by Gasteiger charge is 2.15. The molecule has 10 heteroatoms. The average Bonchev–Trinajstić information content (AvgIpc) is 3.42. The van der Waals surface area contributed by atoms with Crippen LogP contribution in [-0.4, -0.2) is 31.1 Å². The van der Waals surface area contributed by atoms with Gasteiger partial charge in [-0.2, -0.15) is 5.10 Å². The lowest BCUT2D eigenvalue weighted by molar-refractivity contribution is -0.115. The Morgan fingerprint density at radius 3 is 2.47 bits per heavy atom. The molecule has 38 heavy (non-hydrogen) atoms. The Kier molecular flexibility index (Phi) is 8.86. The van der Waals surface area contributed by atoms with Crippen LogP contribution in [0.1, 0.15) is 31.2 Å². The first kappa shape index (κ1) is 26.6. The molecule has 2 N–H and O–H groups in total. The van der Waals surface area contributed by atoms with Crippen LogP contribution in [0.25, 0.3) is 0 Å². The van der Waals surface area contributed by atoms with E-state index in [1.807, 2.05) is 17.5 Å². The minimum atomic E-state index is -0.615. The van der Waals surface area contributed by atoms with Crippen molar-refractivity contribution in [1.29, 1.82) is 0 Å². The number of carbonyl (C=O) groups is 3. The number of hydrogen-bond acceptors (Lipinski definition) is 7. The van der Waals surface area contributed by atoms with E-state index in [2.05, 4.69) is 15.8 Å². The van der Waals surface area contributed by atoms with Crippen LogP contribution in [-0.2, 0) is 11.2 Å². The minimum absolute atomic E-state index is 0.130. The third kappa shape index (κ3) is 7.06. The Morgan fingerprint density at radius 2 is 1.76 bits per heavy atom. The summed E-state index contributed by atoms with van der Waals surface area (Å²) in [6.45, 7) is 0. The summed E-state index contributed by atoms with van der Waals surface area (Å²) in [6.07, 6.45) is 1.73. The number of methoxy groups -OCH3 is 1. The Bertz CT molecular complexity index is 1470. The lowest BCUT2D eigenvalue weighted by Crippen LogP contribution is -2.18. The molecule has 0 radical (unpaired) electrons. The smallest absolute Gasteiger partial charge is 0.345 e. The number of nitrogens with one attached hydrogen (secondary N) is 2. The molecule has 0 saturated heterocycles. The predicted molar refractivity (Wildman–Crippen MR) is 148 cm³/mol. The van der Waals surface area contributed by atoms with Gasteiger partial charge in [0.2, 0.25) is 5.91 Å². The van der Waals surface area contributed by atoms with Crippen molar-refractivity contribution in [2.45, 2.75) is 6.42 Å². The van der Waals surface area contributed by atoms with E-state index < -0.39 is 11.9 Å². The van der Waals surface area contributed by atoms with Crippen molar-refractivity contribution < 1.29 is 23.9 Å². The highest BCUT2D eigenvalue weighted by Crippen LogP contribution is 2.29. The number of carbonyl (C=O) groups excluding carboxylic acids is 3. The van der Waals surface area contributed by atoms with Gasteiger partial charge < -0.3 is 14.8 Å². The van der Waals surface area contributed by atoms with Crippen molar-refractivity contribution in [1.82, 2.24) is 5.43 Å². The van der Waals surface area contributed by atoms with Gasteiger partial charge in [0.15, 0.2) is 11.5 Å². The van der Waals surface area contributed by atoms with E-state index in [0.717, 1.165) is 4.88 Å². The van der Waals surface area contributed by atoms with Gasteiger partial charge in [-0.15, -0.1) is 11.3 Å². The zero-order valence-electron chi connectivity index (χ0n) is 20.1. The van der Waals surface area contributed by atoms with Crippen LogP contribution < -0.4 is 20.2 Å². The van der Waals surface area contributed by atoms with Crippen molar-refractivity contribution in [3.05, 3.63) is 111 Å².